The molecular formula is C28H23BrO. The van der Waals surface area contributed by atoms with Crippen LogP contribution in [0, 0.1) is 0 Å². The van der Waals surface area contributed by atoms with Crippen molar-refractivity contribution in [3.63, 3.8) is 0 Å². The maximum absolute atomic E-state index is 6.63. The highest BCUT2D eigenvalue weighted by Gasteiger charge is 2.42. The van der Waals surface area contributed by atoms with E-state index in [-0.39, 0.29) is 11.0 Å². The zero-order valence-electron chi connectivity index (χ0n) is 17.4. The monoisotopic (exact) mass is 454 g/mol. The van der Waals surface area contributed by atoms with Crippen molar-refractivity contribution >= 4 is 21.5 Å². The van der Waals surface area contributed by atoms with Gasteiger partial charge in [0.1, 0.15) is 11.4 Å². The predicted octanol–water partition coefficient (Wildman–Crippen LogP) is 7.92. The lowest BCUT2D eigenvalue weighted by Crippen LogP contribution is -2.29. The minimum absolute atomic E-state index is 0.00953. The lowest BCUT2D eigenvalue weighted by atomic mass is 9.81. The maximum Gasteiger partial charge on any atom is 0.136 e. The molecule has 0 spiro atoms. The molecule has 0 bridgehead atoms. The van der Waals surface area contributed by atoms with Crippen LogP contribution in [0.5, 0.6) is 5.75 Å². The smallest absolute Gasteiger partial charge is 0.136 e. The van der Waals surface area contributed by atoms with Crippen LogP contribution in [0.2, 0.25) is 0 Å². The van der Waals surface area contributed by atoms with E-state index in [4.69, 9.17) is 4.74 Å². The van der Waals surface area contributed by atoms with Gasteiger partial charge in [0.15, 0.2) is 0 Å². The third-order valence-corrected chi connectivity index (χ3v) is 7.50. The summed E-state index contributed by atoms with van der Waals surface area (Å²) in [6, 6.07) is 20.1. The van der Waals surface area contributed by atoms with Gasteiger partial charge in [-0.25, -0.2) is 0 Å². The third kappa shape index (κ3) is 2.34. The summed E-state index contributed by atoms with van der Waals surface area (Å²) in [4.78, 5) is 0. The minimum Gasteiger partial charge on any atom is -0.481 e. The van der Waals surface area contributed by atoms with Gasteiger partial charge in [-0.2, -0.15) is 0 Å². The van der Waals surface area contributed by atoms with E-state index in [0.29, 0.717) is 0 Å². The minimum atomic E-state index is -0.279. The second kappa shape index (κ2) is 5.98. The summed E-state index contributed by atoms with van der Waals surface area (Å²) in [5.74, 6) is 1.00. The molecule has 6 rings (SSSR count). The largest absolute Gasteiger partial charge is 0.481 e. The molecule has 1 unspecified atom stereocenters. The fourth-order valence-electron chi connectivity index (χ4n) is 5.43. The Hall–Kier alpha value is -2.58. The summed E-state index contributed by atoms with van der Waals surface area (Å²) < 4.78 is 7.72. The number of halogens is 1. The standard InChI is InChI=1S/C28H23BrO/c1-27(2)23-9-5-4-8-19(23)20-12-11-17(14-25(20)27)21-15-18(29)16-22-24-10-6-7-13-28(24,3)30-26(21)22/h4-12,14-16H,13H2,1-3H3. The molecule has 3 aromatic rings. The number of benzene rings is 3. The first kappa shape index (κ1) is 18.2. The summed E-state index contributed by atoms with van der Waals surface area (Å²) in [5, 5.41) is 0. The molecule has 0 fully saturated rings. The molecule has 148 valence electrons. The quantitative estimate of drug-likeness (QED) is 0.362. The second-order valence-corrected chi connectivity index (χ2v) is 10.2. The lowest BCUT2D eigenvalue weighted by Gasteiger charge is -2.26. The summed E-state index contributed by atoms with van der Waals surface area (Å²) >= 11 is 3.75. The van der Waals surface area contributed by atoms with E-state index >= 15 is 0 Å². The molecule has 0 saturated carbocycles. The summed E-state index contributed by atoms with van der Waals surface area (Å²) in [5.41, 5.74) is 10.1. The van der Waals surface area contributed by atoms with Gasteiger partial charge in [0.2, 0.25) is 0 Å². The van der Waals surface area contributed by atoms with Crippen LogP contribution in [0.1, 0.15) is 43.9 Å². The molecule has 0 radical (unpaired) electrons. The van der Waals surface area contributed by atoms with E-state index in [0.717, 1.165) is 22.2 Å². The van der Waals surface area contributed by atoms with E-state index in [1.165, 1.54) is 39.0 Å². The highest BCUT2D eigenvalue weighted by Crippen LogP contribution is 2.54. The van der Waals surface area contributed by atoms with Crippen molar-refractivity contribution in [2.24, 2.45) is 0 Å². The fraction of sp³-hybridized carbons (Fsp3) is 0.214. The Morgan fingerprint density at radius 2 is 1.60 bits per heavy atom. The van der Waals surface area contributed by atoms with Crippen LogP contribution in [0.25, 0.3) is 27.8 Å². The molecular weight excluding hydrogens is 432 g/mol. The van der Waals surface area contributed by atoms with Gasteiger partial charge in [-0.1, -0.05) is 84.4 Å². The molecule has 30 heavy (non-hydrogen) atoms. The van der Waals surface area contributed by atoms with Gasteiger partial charge in [0, 0.05) is 33.0 Å². The Balaban J connectivity index is 1.56. The SMILES string of the molecule is CC12CC=CC=C1c1cc(Br)cc(-c3ccc4c(c3)C(C)(C)c3ccccc3-4)c1O2. The molecule has 1 aliphatic heterocycles. The van der Waals surface area contributed by atoms with Crippen molar-refractivity contribution in [2.75, 3.05) is 0 Å². The topological polar surface area (TPSA) is 9.23 Å². The number of rotatable bonds is 1. The third-order valence-electron chi connectivity index (χ3n) is 7.04. The van der Waals surface area contributed by atoms with Crippen LogP contribution in [0.4, 0.5) is 0 Å². The zero-order chi connectivity index (χ0) is 20.7. The van der Waals surface area contributed by atoms with Crippen molar-refractivity contribution in [3.05, 3.63) is 94.0 Å². The second-order valence-electron chi connectivity index (χ2n) is 9.31. The normalized spacial score (nSPS) is 21.9. The maximum atomic E-state index is 6.63. The van der Waals surface area contributed by atoms with Crippen LogP contribution in [0.15, 0.2) is 77.3 Å². The predicted molar refractivity (Wildman–Crippen MR) is 128 cm³/mol. The Kier molecular flexibility index (Phi) is 3.63. The van der Waals surface area contributed by atoms with Gasteiger partial charge in [0.05, 0.1) is 0 Å². The van der Waals surface area contributed by atoms with Crippen LogP contribution >= 0.6 is 15.9 Å². The van der Waals surface area contributed by atoms with E-state index in [9.17, 15) is 0 Å². The molecule has 1 heterocycles. The average Bonchev–Trinajstić information content (AvgIpc) is 3.16. The number of allylic oxidation sites excluding steroid dienone is 2. The summed E-state index contributed by atoms with van der Waals surface area (Å²) in [6.07, 6.45) is 7.44. The van der Waals surface area contributed by atoms with Gasteiger partial charge in [-0.3, -0.25) is 0 Å². The van der Waals surface area contributed by atoms with Crippen molar-refractivity contribution in [1.82, 2.24) is 0 Å². The first-order chi connectivity index (χ1) is 14.4. The first-order valence-electron chi connectivity index (χ1n) is 10.5. The van der Waals surface area contributed by atoms with Gasteiger partial charge in [-0.05, 0) is 52.9 Å². The number of hydrogen-bond acceptors (Lipinski definition) is 1. The molecule has 0 aromatic heterocycles. The molecule has 3 aromatic carbocycles. The Morgan fingerprint density at radius 3 is 2.47 bits per heavy atom. The lowest BCUT2D eigenvalue weighted by molar-refractivity contribution is 0.171. The molecule has 2 aliphatic carbocycles. The van der Waals surface area contributed by atoms with E-state index in [1.54, 1.807) is 0 Å². The molecule has 0 N–H and O–H groups in total. The van der Waals surface area contributed by atoms with Gasteiger partial charge in [-0.15, -0.1) is 0 Å². The number of ether oxygens (including phenoxy) is 1. The van der Waals surface area contributed by atoms with Crippen molar-refractivity contribution in [2.45, 2.75) is 38.2 Å². The highest BCUT2D eigenvalue weighted by molar-refractivity contribution is 9.10. The Morgan fingerprint density at radius 1 is 0.833 bits per heavy atom. The summed E-state index contributed by atoms with van der Waals surface area (Å²) in [6.45, 7) is 6.85. The number of fused-ring (bicyclic) bond motifs is 6. The Bertz CT molecular complexity index is 1290. The van der Waals surface area contributed by atoms with E-state index in [1.807, 2.05) is 0 Å². The molecule has 2 heteroatoms. The van der Waals surface area contributed by atoms with Crippen LogP contribution < -0.4 is 4.74 Å². The molecule has 0 amide bonds. The van der Waals surface area contributed by atoms with Gasteiger partial charge >= 0.3 is 0 Å². The van der Waals surface area contributed by atoms with Crippen LogP contribution in [0.3, 0.4) is 0 Å². The van der Waals surface area contributed by atoms with E-state index in [2.05, 4.69) is 110 Å². The van der Waals surface area contributed by atoms with Crippen molar-refractivity contribution in [1.29, 1.82) is 0 Å². The van der Waals surface area contributed by atoms with Crippen molar-refractivity contribution in [3.8, 4) is 28.0 Å². The molecule has 0 saturated heterocycles. The van der Waals surface area contributed by atoms with E-state index < -0.39 is 0 Å². The number of hydrogen-bond donors (Lipinski definition) is 0. The average molecular weight is 455 g/mol. The fourth-order valence-corrected chi connectivity index (χ4v) is 5.89. The van der Waals surface area contributed by atoms with Gasteiger partial charge < -0.3 is 4.74 Å². The molecule has 1 atom stereocenters. The first-order valence-corrected chi connectivity index (χ1v) is 11.3. The van der Waals surface area contributed by atoms with Crippen molar-refractivity contribution < 1.29 is 4.74 Å². The van der Waals surface area contributed by atoms with Crippen LogP contribution in [-0.2, 0) is 5.41 Å². The molecule has 1 nitrogen and oxygen atoms in total. The zero-order valence-corrected chi connectivity index (χ0v) is 19.0. The van der Waals surface area contributed by atoms with Crippen LogP contribution in [-0.4, -0.2) is 5.60 Å². The Labute approximate surface area is 186 Å². The highest BCUT2D eigenvalue weighted by atomic mass is 79.9. The summed E-state index contributed by atoms with van der Waals surface area (Å²) in [7, 11) is 0. The molecule has 3 aliphatic rings. The van der Waals surface area contributed by atoms with Gasteiger partial charge in [0.25, 0.3) is 0 Å².